The maximum atomic E-state index is 11.2. The molecule has 1 aromatic rings. The lowest BCUT2D eigenvalue weighted by Gasteiger charge is -2.37. The number of rotatable bonds is 3. The first-order valence-electron chi connectivity index (χ1n) is 6.77. The first-order valence-corrected chi connectivity index (χ1v) is 6.77. The highest BCUT2D eigenvalue weighted by Crippen LogP contribution is 2.21. The van der Waals surface area contributed by atoms with E-state index in [0.29, 0.717) is 6.04 Å². The molecule has 2 rings (SSSR count). The van der Waals surface area contributed by atoms with Crippen molar-refractivity contribution >= 4 is 11.6 Å². The van der Waals surface area contributed by atoms with Gasteiger partial charge in [-0.1, -0.05) is 18.2 Å². The third-order valence-corrected chi connectivity index (χ3v) is 3.44. The van der Waals surface area contributed by atoms with Gasteiger partial charge < -0.3 is 10.1 Å². The molecule has 0 unspecified atom stereocenters. The van der Waals surface area contributed by atoms with Crippen LogP contribution in [0.15, 0.2) is 24.3 Å². The van der Waals surface area contributed by atoms with Gasteiger partial charge in [-0.05, 0) is 25.5 Å². The van der Waals surface area contributed by atoms with Gasteiger partial charge in [0.1, 0.15) is 0 Å². The van der Waals surface area contributed by atoms with Crippen LogP contribution in [0.5, 0.6) is 0 Å². The first kappa shape index (κ1) is 14.0. The molecule has 0 aromatic heterocycles. The predicted molar refractivity (Wildman–Crippen MR) is 76.0 cm³/mol. The van der Waals surface area contributed by atoms with Gasteiger partial charge in [-0.3, -0.25) is 9.69 Å². The van der Waals surface area contributed by atoms with Crippen molar-refractivity contribution in [3.63, 3.8) is 0 Å². The summed E-state index contributed by atoms with van der Waals surface area (Å²) in [6.07, 6.45) is 0.268. The molecule has 1 aromatic carbocycles. The Labute approximate surface area is 114 Å². The number of hydrogen-bond acceptors (Lipinski definition) is 3. The van der Waals surface area contributed by atoms with Crippen LogP contribution >= 0.6 is 0 Å². The fraction of sp³-hybridized carbons (Fsp3) is 0.533. The molecule has 0 saturated carbocycles. The minimum atomic E-state index is -0.0316. The van der Waals surface area contributed by atoms with Crippen molar-refractivity contribution < 1.29 is 9.53 Å². The predicted octanol–water partition coefficient (Wildman–Crippen LogP) is 2.25. The van der Waals surface area contributed by atoms with E-state index in [2.05, 4.69) is 30.1 Å². The average molecular weight is 262 g/mol. The lowest BCUT2D eigenvalue weighted by Crippen LogP contribution is -2.46. The third-order valence-electron chi connectivity index (χ3n) is 3.44. The summed E-state index contributed by atoms with van der Waals surface area (Å²) in [5.74, 6) is -0.0316. The Morgan fingerprint density at radius 1 is 1.42 bits per heavy atom. The van der Waals surface area contributed by atoms with Gasteiger partial charge >= 0.3 is 0 Å². The Balaban J connectivity index is 2.11. The molecule has 4 nitrogen and oxygen atoms in total. The molecule has 0 bridgehead atoms. The molecule has 1 saturated heterocycles. The zero-order valence-corrected chi connectivity index (χ0v) is 11.8. The van der Waals surface area contributed by atoms with Crippen LogP contribution in [0, 0.1) is 0 Å². The van der Waals surface area contributed by atoms with Crippen molar-refractivity contribution in [1.29, 1.82) is 0 Å². The minimum absolute atomic E-state index is 0.0316. The minimum Gasteiger partial charge on any atom is -0.376 e. The molecular formula is C15H22N2O2. The molecule has 0 radical (unpaired) electrons. The van der Waals surface area contributed by atoms with Crippen molar-refractivity contribution in [2.45, 2.75) is 39.5 Å². The van der Waals surface area contributed by atoms with Crippen LogP contribution in [-0.2, 0) is 16.1 Å². The Hall–Kier alpha value is -1.39. The van der Waals surface area contributed by atoms with Crippen LogP contribution in [0.25, 0.3) is 0 Å². The Morgan fingerprint density at radius 2 is 2.16 bits per heavy atom. The molecule has 104 valence electrons. The van der Waals surface area contributed by atoms with E-state index in [0.717, 1.165) is 30.9 Å². The summed E-state index contributed by atoms with van der Waals surface area (Å²) in [7, 11) is 0. The summed E-state index contributed by atoms with van der Waals surface area (Å²) in [5.41, 5.74) is 2.06. The standard InChI is InChI=1S/C15H22N2O2/c1-11-10-19-12(2)8-17(11)9-14-6-4-5-7-15(14)16-13(3)18/h4-7,11-12H,8-10H2,1-3H3,(H,16,18)/t11-,12-/m1/s1. The van der Waals surface area contributed by atoms with E-state index >= 15 is 0 Å². The van der Waals surface area contributed by atoms with Gasteiger partial charge in [0.15, 0.2) is 0 Å². The molecule has 0 spiro atoms. The largest absolute Gasteiger partial charge is 0.376 e. The second-order valence-corrected chi connectivity index (χ2v) is 5.26. The molecule has 1 aliphatic rings. The SMILES string of the molecule is CC(=O)Nc1ccccc1CN1C[C@@H](C)OC[C@H]1C. The Bertz CT molecular complexity index is 448. The summed E-state index contributed by atoms with van der Waals surface area (Å²) in [6.45, 7) is 8.34. The molecule has 4 heteroatoms. The van der Waals surface area contributed by atoms with Crippen LogP contribution < -0.4 is 5.32 Å². The molecule has 1 fully saturated rings. The number of anilines is 1. The van der Waals surface area contributed by atoms with E-state index in [9.17, 15) is 4.79 Å². The number of carbonyl (C=O) groups excluding carboxylic acids is 1. The summed E-state index contributed by atoms with van der Waals surface area (Å²) in [6, 6.07) is 8.38. The topological polar surface area (TPSA) is 41.6 Å². The smallest absolute Gasteiger partial charge is 0.221 e. The zero-order valence-electron chi connectivity index (χ0n) is 11.8. The summed E-state index contributed by atoms with van der Waals surface area (Å²) in [4.78, 5) is 13.6. The molecule has 19 heavy (non-hydrogen) atoms. The molecule has 1 aliphatic heterocycles. The highest BCUT2D eigenvalue weighted by atomic mass is 16.5. The van der Waals surface area contributed by atoms with Crippen molar-refractivity contribution in [2.24, 2.45) is 0 Å². The molecule has 1 N–H and O–H groups in total. The van der Waals surface area contributed by atoms with Crippen LogP contribution in [0.2, 0.25) is 0 Å². The molecule has 1 heterocycles. The van der Waals surface area contributed by atoms with Gasteiger partial charge in [0.2, 0.25) is 5.91 Å². The van der Waals surface area contributed by atoms with Crippen LogP contribution in [0.4, 0.5) is 5.69 Å². The van der Waals surface area contributed by atoms with Crippen molar-refractivity contribution in [1.82, 2.24) is 4.90 Å². The van der Waals surface area contributed by atoms with Crippen LogP contribution in [0.1, 0.15) is 26.3 Å². The van der Waals surface area contributed by atoms with E-state index in [-0.39, 0.29) is 12.0 Å². The third kappa shape index (κ3) is 3.78. The number of ether oxygens (including phenoxy) is 1. The number of carbonyl (C=O) groups is 1. The summed E-state index contributed by atoms with van der Waals surface area (Å²) < 4.78 is 5.64. The van der Waals surface area contributed by atoms with E-state index < -0.39 is 0 Å². The number of benzene rings is 1. The molecule has 1 amide bonds. The van der Waals surface area contributed by atoms with Gasteiger partial charge in [0, 0.05) is 31.7 Å². The van der Waals surface area contributed by atoms with Crippen LogP contribution in [-0.4, -0.2) is 36.1 Å². The quantitative estimate of drug-likeness (QED) is 0.908. The van der Waals surface area contributed by atoms with Gasteiger partial charge in [-0.15, -0.1) is 0 Å². The highest BCUT2D eigenvalue weighted by Gasteiger charge is 2.23. The summed E-state index contributed by atoms with van der Waals surface area (Å²) >= 11 is 0. The lowest BCUT2D eigenvalue weighted by atomic mass is 10.1. The van der Waals surface area contributed by atoms with Crippen molar-refractivity contribution in [2.75, 3.05) is 18.5 Å². The average Bonchev–Trinajstić information content (AvgIpc) is 2.35. The van der Waals surface area contributed by atoms with Crippen LogP contribution in [0.3, 0.4) is 0 Å². The second-order valence-electron chi connectivity index (χ2n) is 5.26. The number of amides is 1. The van der Waals surface area contributed by atoms with Crippen molar-refractivity contribution in [3.8, 4) is 0 Å². The molecule has 2 atom stereocenters. The van der Waals surface area contributed by atoms with Gasteiger partial charge in [0.05, 0.1) is 12.7 Å². The van der Waals surface area contributed by atoms with E-state index in [4.69, 9.17) is 4.74 Å². The number of nitrogens with zero attached hydrogens (tertiary/aromatic N) is 1. The van der Waals surface area contributed by atoms with E-state index in [1.165, 1.54) is 6.92 Å². The number of hydrogen-bond donors (Lipinski definition) is 1. The molecular weight excluding hydrogens is 240 g/mol. The van der Waals surface area contributed by atoms with Gasteiger partial charge in [-0.25, -0.2) is 0 Å². The summed E-state index contributed by atoms with van der Waals surface area (Å²) in [5, 5.41) is 2.89. The monoisotopic (exact) mass is 262 g/mol. The normalized spacial score (nSPS) is 24.2. The van der Waals surface area contributed by atoms with E-state index in [1.807, 2.05) is 18.2 Å². The van der Waals surface area contributed by atoms with Crippen molar-refractivity contribution in [3.05, 3.63) is 29.8 Å². The zero-order chi connectivity index (χ0) is 13.8. The Morgan fingerprint density at radius 3 is 2.89 bits per heavy atom. The number of nitrogens with one attached hydrogen (secondary N) is 1. The Kier molecular flexibility index (Phi) is 4.56. The first-order chi connectivity index (χ1) is 9.06. The maximum absolute atomic E-state index is 11.2. The fourth-order valence-corrected chi connectivity index (χ4v) is 2.38. The second kappa shape index (κ2) is 6.17. The lowest BCUT2D eigenvalue weighted by molar-refractivity contribution is -0.114. The highest BCUT2D eigenvalue weighted by molar-refractivity contribution is 5.89. The fourth-order valence-electron chi connectivity index (χ4n) is 2.38. The van der Waals surface area contributed by atoms with Gasteiger partial charge in [-0.2, -0.15) is 0 Å². The number of para-hydroxylation sites is 1. The van der Waals surface area contributed by atoms with Gasteiger partial charge in [0.25, 0.3) is 0 Å². The molecule has 0 aliphatic carbocycles. The number of morpholine rings is 1. The van der Waals surface area contributed by atoms with E-state index in [1.54, 1.807) is 0 Å². The maximum Gasteiger partial charge on any atom is 0.221 e.